The molecule has 3 fully saturated rings. The van der Waals surface area contributed by atoms with Crippen molar-refractivity contribution >= 4 is 15.9 Å². The first-order valence-corrected chi connectivity index (χ1v) is 13.3. The van der Waals surface area contributed by atoms with Crippen LogP contribution in [0.15, 0.2) is 36.4 Å². The van der Waals surface area contributed by atoms with E-state index in [2.05, 4.69) is 4.72 Å². The predicted molar refractivity (Wildman–Crippen MR) is 123 cm³/mol. The van der Waals surface area contributed by atoms with E-state index in [1.54, 1.807) is 17.0 Å². The highest BCUT2D eigenvalue weighted by Crippen LogP contribution is 2.51. The van der Waals surface area contributed by atoms with Gasteiger partial charge in [-0.1, -0.05) is 18.2 Å². The van der Waals surface area contributed by atoms with Crippen LogP contribution in [0.1, 0.15) is 25.8 Å². The van der Waals surface area contributed by atoms with Gasteiger partial charge < -0.3 is 9.64 Å². The molecule has 1 saturated carbocycles. The predicted octanol–water partition coefficient (Wildman–Crippen LogP) is 3.26. The van der Waals surface area contributed by atoms with Crippen molar-refractivity contribution in [3.8, 4) is 11.1 Å². The van der Waals surface area contributed by atoms with Gasteiger partial charge in [0.15, 0.2) is 0 Å². The Bertz CT molecular complexity index is 1260. The summed E-state index contributed by atoms with van der Waals surface area (Å²) < 4.78 is 76.1. The fraction of sp³-hybridized carbons (Fsp3) is 0.480. The Kier molecular flexibility index (Phi) is 5.96. The van der Waals surface area contributed by atoms with Crippen LogP contribution in [0.25, 0.3) is 11.1 Å². The standard InChI is InChI=1S/C25H27F3N2O4S/c1-3-35(32,33)29-23-19-11-20(19)30(24(31)25(2)12-34-13-25)21(23)9-14-5-4-6-18(22(14)28)15-7-16(26)10-17(27)8-15/h4-8,10,19-21,23,29H,3,9,11-13H2,1-2H3/t19-,20+,21+,23+/m0/s1. The molecule has 6 nitrogen and oxygen atoms in total. The Morgan fingerprint density at radius 2 is 1.86 bits per heavy atom. The van der Waals surface area contributed by atoms with E-state index in [1.807, 2.05) is 6.92 Å². The summed E-state index contributed by atoms with van der Waals surface area (Å²) in [6.45, 7) is 3.92. The SMILES string of the molecule is CCS(=O)(=O)N[C@@H]1[C@H]2C[C@H]2N(C(=O)C2(C)COC2)[C@@H]1Cc1cccc(-c2cc(F)cc(F)c2)c1F. The van der Waals surface area contributed by atoms with E-state index in [1.165, 1.54) is 13.0 Å². The second-order valence-electron chi connectivity index (χ2n) is 9.99. The van der Waals surface area contributed by atoms with Crippen molar-refractivity contribution in [2.75, 3.05) is 19.0 Å². The number of ether oxygens (including phenoxy) is 1. The van der Waals surface area contributed by atoms with Crippen molar-refractivity contribution in [3.63, 3.8) is 0 Å². The number of sulfonamides is 1. The largest absolute Gasteiger partial charge is 0.379 e. The van der Waals surface area contributed by atoms with Crippen molar-refractivity contribution in [2.24, 2.45) is 11.3 Å². The number of hydrogen-bond acceptors (Lipinski definition) is 4. The third-order valence-corrected chi connectivity index (χ3v) is 8.76. The molecule has 1 amide bonds. The van der Waals surface area contributed by atoms with Crippen LogP contribution in [0, 0.1) is 28.8 Å². The van der Waals surface area contributed by atoms with E-state index in [-0.39, 0.29) is 59.9 Å². The molecule has 0 radical (unpaired) electrons. The van der Waals surface area contributed by atoms with Gasteiger partial charge >= 0.3 is 0 Å². The third kappa shape index (κ3) is 4.36. The molecule has 4 atom stereocenters. The molecule has 1 aliphatic carbocycles. The summed E-state index contributed by atoms with van der Waals surface area (Å²) in [5, 5.41) is 0. The van der Waals surface area contributed by atoms with Crippen LogP contribution in [0.4, 0.5) is 13.2 Å². The normalized spacial score (nSPS) is 26.8. The maximum absolute atomic E-state index is 15.6. The van der Waals surface area contributed by atoms with Crippen molar-refractivity contribution < 1.29 is 31.1 Å². The molecule has 3 aliphatic rings. The van der Waals surface area contributed by atoms with Gasteiger partial charge in [-0.25, -0.2) is 26.3 Å². The molecule has 0 bridgehead atoms. The van der Waals surface area contributed by atoms with Crippen LogP contribution in [-0.4, -0.2) is 56.3 Å². The van der Waals surface area contributed by atoms with Crippen LogP contribution in [0.5, 0.6) is 0 Å². The molecule has 2 aromatic rings. The van der Waals surface area contributed by atoms with Crippen LogP contribution >= 0.6 is 0 Å². The highest BCUT2D eigenvalue weighted by Gasteiger charge is 2.63. The summed E-state index contributed by atoms with van der Waals surface area (Å²) in [7, 11) is -3.57. The highest BCUT2D eigenvalue weighted by molar-refractivity contribution is 7.89. The van der Waals surface area contributed by atoms with Crippen molar-refractivity contribution in [2.45, 2.75) is 44.8 Å². The van der Waals surface area contributed by atoms with E-state index in [4.69, 9.17) is 4.74 Å². The molecule has 0 spiro atoms. The minimum atomic E-state index is -3.57. The van der Waals surface area contributed by atoms with Crippen molar-refractivity contribution in [1.82, 2.24) is 9.62 Å². The zero-order valence-electron chi connectivity index (χ0n) is 19.4. The number of hydrogen-bond donors (Lipinski definition) is 1. The van der Waals surface area contributed by atoms with Gasteiger partial charge in [0.1, 0.15) is 17.5 Å². The summed E-state index contributed by atoms with van der Waals surface area (Å²) in [5.74, 6) is -2.56. The van der Waals surface area contributed by atoms with Gasteiger partial charge in [-0.2, -0.15) is 0 Å². The number of benzene rings is 2. The van der Waals surface area contributed by atoms with Crippen LogP contribution in [0.2, 0.25) is 0 Å². The first kappa shape index (κ1) is 24.3. The molecule has 5 rings (SSSR count). The third-order valence-electron chi connectivity index (χ3n) is 7.36. The van der Waals surface area contributed by atoms with E-state index >= 15 is 4.39 Å². The molecule has 2 aromatic carbocycles. The van der Waals surface area contributed by atoms with Crippen molar-refractivity contribution in [1.29, 1.82) is 0 Å². The molecule has 2 aliphatic heterocycles. The lowest BCUT2D eigenvalue weighted by Crippen LogP contribution is -2.58. The molecular weight excluding hydrogens is 481 g/mol. The molecule has 0 aromatic heterocycles. The smallest absolute Gasteiger partial charge is 0.233 e. The maximum Gasteiger partial charge on any atom is 0.233 e. The molecule has 1 N–H and O–H groups in total. The van der Waals surface area contributed by atoms with Gasteiger partial charge in [0, 0.05) is 23.7 Å². The number of fused-ring (bicyclic) bond motifs is 1. The monoisotopic (exact) mass is 508 g/mol. The Labute approximate surface area is 202 Å². The van der Waals surface area contributed by atoms with Crippen LogP contribution in [0.3, 0.4) is 0 Å². The summed E-state index contributed by atoms with van der Waals surface area (Å²) in [4.78, 5) is 15.2. The maximum atomic E-state index is 15.6. The number of carbonyl (C=O) groups excluding carboxylic acids is 1. The Morgan fingerprint density at radius 1 is 1.17 bits per heavy atom. The second kappa shape index (κ2) is 8.60. The summed E-state index contributed by atoms with van der Waals surface area (Å²) in [6, 6.07) is 6.15. The number of nitrogens with one attached hydrogen (secondary N) is 1. The van der Waals surface area contributed by atoms with Crippen LogP contribution in [-0.2, 0) is 26.0 Å². The second-order valence-corrected chi connectivity index (χ2v) is 12.0. The summed E-state index contributed by atoms with van der Waals surface area (Å²) in [5.41, 5.74) is -0.353. The lowest BCUT2D eigenvalue weighted by molar-refractivity contribution is -0.170. The fourth-order valence-electron chi connectivity index (χ4n) is 5.33. The Morgan fingerprint density at radius 3 is 2.46 bits per heavy atom. The van der Waals surface area contributed by atoms with E-state index < -0.39 is 45.0 Å². The average Bonchev–Trinajstić information content (AvgIpc) is 3.50. The fourth-order valence-corrected chi connectivity index (χ4v) is 6.25. The topological polar surface area (TPSA) is 75.7 Å². The van der Waals surface area contributed by atoms with Gasteiger partial charge in [-0.15, -0.1) is 0 Å². The molecule has 35 heavy (non-hydrogen) atoms. The highest BCUT2D eigenvalue weighted by atomic mass is 32.2. The first-order chi connectivity index (χ1) is 16.5. The number of nitrogens with zero attached hydrogens (tertiary/aromatic N) is 1. The quantitative estimate of drug-likeness (QED) is 0.623. The van der Waals surface area contributed by atoms with E-state index in [9.17, 15) is 22.0 Å². The zero-order chi connectivity index (χ0) is 25.1. The van der Waals surface area contributed by atoms with Crippen LogP contribution < -0.4 is 4.72 Å². The minimum absolute atomic E-state index is 0.0342. The van der Waals surface area contributed by atoms with Gasteiger partial charge in [-0.05, 0) is 55.9 Å². The average molecular weight is 509 g/mol. The molecule has 2 saturated heterocycles. The van der Waals surface area contributed by atoms with Gasteiger partial charge in [0.25, 0.3) is 0 Å². The number of piperidine rings is 1. The number of carbonyl (C=O) groups is 1. The van der Waals surface area contributed by atoms with Gasteiger partial charge in [-0.3, -0.25) is 4.79 Å². The first-order valence-electron chi connectivity index (χ1n) is 11.7. The Balaban J connectivity index is 1.51. The Hall–Kier alpha value is -2.43. The zero-order valence-corrected chi connectivity index (χ0v) is 20.2. The summed E-state index contributed by atoms with van der Waals surface area (Å²) in [6.07, 6.45) is 0.741. The molecular formula is C25H27F3N2O4S. The minimum Gasteiger partial charge on any atom is -0.379 e. The number of halogens is 3. The lowest BCUT2D eigenvalue weighted by Gasteiger charge is -2.42. The lowest BCUT2D eigenvalue weighted by atomic mass is 9.85. The molecule has 0 unspecified atom stereocenters. The van der Waals surface area contributed by atoms with Crippen molar-refractivity contribution in [3.05, 3.63) is 59.4 Å². The molecule has 2 heterocycles. The number of likely N-dealkylation sites (tertiary alicyclic amines) is 1. The van der Waals surface area contributed by atoms with Gasteiger partial charge in [0.05, 0.1) is 30.4 Å². The van der Waals surface area contributed by atoms with Gasteiger partial charge in [0.2, 0.25) is 15.9 Å². The molecule has 10 heteroatoms. The number of amides is 1. The molecule has 188 valence electrons. The number of rotatable bonds is 7. The van der Waals surface area contributed by atoms with E-state index in [0.29, 0.717) is 12.5 Å². The van der Waals surface area contributed by atoms with E-state index in [0.717, 1.165) is 12.1 Å². The summed E-state index contributed by atoms with van der Waals surface area (Å²) >= 11 is 0.